The van der Waals surface area contributed by atoms with Crippen molar-refractivity contribution < 1.29 is 9.66 Å². The van der Waals surface area contributed by atoms with Crippen LogP contribution in [-0.4, -0.2) is 26.1 Å². The molecule has 2 aromatic heterocycles. The third-order valence-electron chi connectivity index (χ3n) is 3.30. The Kier molecular flexibility index (Phi) is 4.05. The number of nitrogens with one attached hydrogen (secondary N) is 1. The number of hydrogen-bond donors (Lipinski definition) is 1. The number of rotatable bonds is 6. The second kappa shape index (κ2) is 6.30. The van der Waals surface area contributed by atoms with Gasteiger partial charge < -0.3 is 10.1 Å². The summed E-state index contributed by atoms with van der Waals surface area (Å²) in [5.41, 5.74) is 1.03. The minimum atomic E-state index is -0.449. The van der Waals surface area contributed by atoms with Gasteiger partial charge in [-0.15, -0.1) is 10.2 Å². The first-order valence-corrected chi connectivity index (χ1v) is 7.13. The van der Waals surface area contributed by atoms with Gasteiger partial charge in [0.15, 0.2) is 17.2 Å². The number of nitrogens with zero attached hydrogens (tertiary/aromatic N) is 4. The van der Waals surface area contributed by atoms with E-state index in [1.54, 1.807) is 25.1 Å². The third-order valence-corrected chi connectivity index (χ3v) is 3.30. The van der Waals surface area contributed by atoms with E-state index in [9.17, 15) is 10.1 Å². The Hall–Kier alpha value is -3.16. The number of benzene rings is 1. The molecule has 1 aromatic carbocycles. The Bertz CT molecular complexity index is 846. The quantitative estimate of drug-likeness (QED) is 0.555. The number of aromatic nitrogens is 3. The summed E-state index contributed by atoms with van der Waals surface area (Å²) in [6.45, 7) is 2.45. The molecule has 2 heterocycles. The Balaban J connectivity index is 1.88. The van der Waals surface area contributed by atoms with Crippen LogP contribution in [0.25, 0.3) is 5.65 Å². The van der Waals surface area contributed by atoms with Crippen molar-refractivity contribution in [3.05, 3.63) is 58.5 Å². The van der Waals surface area contributed by atoms with Crippen molar-refractivity contribution >= 4 is 17.0 Å². The van der Waals surface area contributed by atoms with E-state index < -0.39 is 4.92 Å². The highest BCUT2D eigenvalue weighted by molar-refractivity contribution is 5.68. The van der Waals surface area contributed by atoms with Crippen LogP contribution in [0.1, 0.15) is 12.7 Å². The van der Waals surface area contributed by atoms with Gasteiger partial charge in [-0.05, 0) is 31.2 Å². The van der Waals surface area contributed by atoms with Gasteiger partial charge in [-0.2, -0.15) is 0 Å². The minimum Gasteiger partial charge on any atom is -0.487 e. The molecule has 0 amide bonds. The van der Waals surface area contributed by atoms with Crippen molar-refractivity contribution in [3.8, 4) is 5.75 Å². The molecule has 118 valence electrons. The SMILES string of the molecule is CCOc1cccc(NCc2nnc3ccccn23)c1[N+](=O)[O-]. The first-order chi connectivity index (χ1) is 11.2. The molecule has 0 atom stereocenters. The van der Waals surface area contributed by atoms with Gasteiger partial charge in [-0.3, -0.25) is 14.5 Å². The molecule has 23 heavy (non-hydrogen) atoms. The van der Waals surface area contributed by atoms with E-state index in [1.807, 2.05) is 28.8 Å². The van der Waals surface area contributed by atoms with Crippen LogP contribution in [0.2, 0.25) is 0 Å². The molecule has 3 rings (SSSR count). The predicted molar refractivity (Wildman–Crippen MR) is 84.6 cm³/mol. The molecule has 0 aliphatic carbocycles. The summed E-state index contributed by atoms with van der Waals surface area (Å²) in [4.78, 5) is 10.9. The average Bonchev–Trinajstić information content (AvgIpc) is 2.96. The van der Waals surface area contributed by atoms with E-state index in [2.05, 4.69) is 15.5 Å². The summed E-state index contributed by atoms with van der Waals surface area (Å²) < 4.78 is 7.16. The molecule has 0 aliphatic rings. The molecule has 8 nitrogen and oxygen atoms in total. The Labute approximate surface area is 131 Å². The van der Waals surface area contributed by atoms with Gasteiger partial charge in [0.2, 0.25) is 0 Å². The van der Waals surface area contributed by atoms with E-state index in [0.717, 1.165) is 5.65 Å². The number of fused-ring (bicyclic) bond motifs is 1. The number of nitro benzene ring substituents is 1. The molecule has 8 heteroatoms. The number of hydrogen-bond acceptors (Lipinski definition) is 6. The van der Waals surface area contributed by atoms with E-state index in [4.69, 9.17) is 4.74 Å². The van der Waals surface area contributed by atoms with Crippen molar-refractivity contribution in [3.63, 3.8) is 0 Å². The van der Waals surface area contributed by atoms with Crippen molar-refractivity contribution in [1.82, 2.24) is 14.6 Å². The van der Waals surface area contributed by atoms with Crippen molar-refractivity contribution in [2.75, 3.05) is 11.9 Å². The van der Waals surface area contributed by atoms with Gasteiger partial charge in [0, 0.05) is 6.20 Å². The molecular formula is C15H15N5O3. The van der Waals surface area contributed by atoms with Crippen LogP contribution in [0.5, 0.6) is 5.75 Å². The van der Waals surface area contributed by atoms with Gasteiger partial charge in [0.25, 0.3) is 0 Å². The topological polar surface area (TPSA) is 94.6 Å². The summed E-state index contributed by atoms with van der Waals surface area (Å²) in [5, 5.41) is 22.5. The largest absolute Gasteiger partial charge is 0.487 e. The molecule has 1 N–H and O–H groups in total. The highest BCUT2D eigenvalue weighted by Crippen LogP contribution is 2.34. The van der Waals surface area contributed by atoms with Gasteiger partial charge in [-0.1, -0.05) is 12.1 Å². The van der Waals surface area contributed by atoms with Crippen LogP contribution < -0.4 is 10.1 Å². The van der Waals surface area contributed by atoms with Crippen molar-refractivity contribution in [2.24, 2.45) is 0 Å². The van der Waals surface area contributed by atoms with Gasteiger partial charge >= 0.3 is 5.69 Å². The maximum Gasteiger partial charge on any atom is 0.333 e. The first kappa shape index (κ1) is 14.8. The fraction of sp³-hybridized carbons (Fsp3) is 0.200. The Morgan fingerprint density at radius 2 is 2.13 bits per heavy atom. The van der Waals surface area contributed by atoms with Gasteiger partial charge in [0.05, 0.1) is 18.1 Å². The molecule has 3 aromatic rings. The Morgan fingerprint density at radius 1 is 1.26 bits per heavy atom. The lowest BCUT2D eigenvalue weighted by Gasteiger charge is -2.09. The highest BCUT2D eigenvalue weighted by Gasteiger charge is 2.21. The molecular weight excluding hydrogens is 298 g/mol. The monoisotopic (exact) mass is 313 g/mol. The summed E-state index contributed by atoms with van der Waals surface area (Å²) >= 11 is 0. The average molecular weight is 313 g/mol. The van der Waals surface area contributed by atoms with Gasteiger partial charge in [-0.25, -0.2) is 0 Å². The minimum absolute atomic E-state index is 0.0804. The third kappa shape index (κ3) is 2.91. The molecule has 0 spiro atoms. The molecule has 0 fully saturated rings. The number of para-hydroxylation sites is 1. The molecule has 0 bridgehead atoms. The standard InChI is InChI=1S/C15H15N5O3/c1-2-23-12-7-5-6-11(15(12)20(21)22)16-10-14-18-17-13-8-3-4-9-19(13)14/h3-9,16H,2,10H2,1H3. The molecule has 0 saturated carbocycles. The number of pyridine rings is 1. The Morgan fingerprint density at radius 3 is 2.91 bits per heavy atom. The van der Waals surface area contributed by atoms with Crippen LogP contribution in [0.4, 0.5) is 11.4 Å². The summed E-state index contributed by atoms with van der Waals surface area (Å²) in [7, 11) is 0. The fourth-order valence-corrected chi connectivity index (χ4v) is 2.31. The number of nitro groups is 1. The zero-order chi connectivity index (χ0) is 16.2. The van der Waals surface area contributed by atoms with Crippen molar-refractivity contribution in [1.29, 1.82) is 0 Å². The molecule has 0 saturated heterocycles. The van der Waals surface area contributed by atoms with Crippen LogP contribution in [0.3, 0.4) is 0 Å². The molecule has 0 unspecified atom stereocenters. The lowest BCUT2D eigenvalue weighted by atomic mass is 10.2. The van der Waals surface area contributed by atoms with E-state index in [1.165, 1.54) is 0 Å². The maximum absolute atomic E-state index is 11.3. The second-order valence-corrected chi connectivity index (χ2v) is 4.74. The smallest absolute Gasteiger partial charge is 0.333 e. The number of ether oxygens (including phenoxy) is 1. The van der Waals surface area contributed by atoms with Crippen LogP contribution in [-0.2, 0) is 6.54 Å². The van der Waals surface area contributed by atoms with Crippen LogP contribution >= 0.6 is 0 Å². The summed E-state index contributed by atoms with van der Waals surface area (Å²) in [6, 6.07) is 10.5. The van der Waals surface area contributed by atoms with Crippen LogP contribution in [0.15, 0.2) is 42.6 Å². The zero-order valence-corrected chi connectivity index (χ0v) is 12.5. The highest BCUT2D eigenvalue weighted by atomic mass is 16.6. The van der Waals surface area contributed by atoms with E-state index in [-0.39, 0.29) is 11.4 Å². The molecule has 0 radical (unpaired) electrons. The van der Waals surface area contributed by atoms with E-state index >= 15 is 0 Å². The van der Waals surface area contributed by atoms with Gasteiger partial charge in [0.1, 0.15) is 5.69 Å². The maximum atomic E-state index is 11.3. The zero-order valence-electron chi connectivity index (χ0n) is 12.5. The first-order valence-electron chi connectivity index (χ1n) is 7.13. The number of anilines is 1. The predicted octanol–water partition coefficient (Wildman–Crippen LogP) is 2.65. The lowest BCUT2D eigenvalue weighted by molar-refractivity contribution is -0.384. The normalized spacial score (nSPS) is 10.7. The van der Waals surface area contributed by atoms with Crippen LogP contribution in [0, 0.1) is 10.1 Å². The second-order valence-electron chi connectivity index (χ2n) is 4.74. The lowest BCUT2D eigenvalue weighted by Crippen LogP contribution is -2.07. The summed E-state index contributed by atoms with van der Waals surface area (Å²) in [5.74, 6) is 0.908. The van der Waals surface area contributed by atoms with Crippen molar-refractivity contribution in [2.45, 2.75) is 13.5 Å². The fourth-order valence-electron chi connectivity index (χ4n) is 2.31. The molecule has 0 aliphatic heterocycles. The van der Waals surface area contributed by atoms with E-state index in [0.29, 0.717) is 24.7 Å². The summed E-state index contributed by atoms with van der Waals surface area (Å²) in [6.07, 6.45) is 1.84.